The minimum atomic E-state index is -0.228. The van der Waals surface area contributed by atoms with Gasteiger partial charge in [0.25, 0.3) is 0 Å². The van der Waals surface area contributed by atoms with Gasteiger partial charge in [0.2, 0.25) is 5.91 Å². The summed E-state index contributed by atoms with van der Waals surface area (Å²) < 4.78 is 9.23. The number of carbonyl (C=O) groups excluding carboxylic acids is 1. The van der Waals surface area contributed by atoms with E-state index in [0.717, 1.165) is 12.1 Å². The minimum Gasteiger partial charge on any atom is -0.373 e. The zero-order valence-electron chi connectivity index (χ0n) is 12.2. The molecule has 0 radical (unpaired) electrons. The largest absolute Gasteiger partial charge is 0.373 e. The number of carbonyl (C=O) groups is 1. The Hall–Kier alpha value is -2.15. The molecule has 1 aliphatic heterocycles. The average Bonchev–Trinajstić information content (AvgIpc) is 3.17. The van der Waals surface area contributed by atoms with E-state index >= 15 is 0 Å². The highest BCUT2D eigenvalue weighted by Gasteiger charge is 2.36. The van der Waals surface area contributed by atoms with Gasteiger partial charge in [0.1, 0.15) is 0 Å². The normalized spacial score (nSPS) is 21.6. The van der Waals surface area contributed by atoms with Crippen LogP contribution in [0.25, 0.3) is 0 Å². The van der Waals surface area contributed by atoms with Crippen molar-refractivity contribution in [1.82, 2.24) is 19.6 Å². The lowest BCUT2D eigenvalue weighted by Crippen LogP contribution is -2.25. The Morgan fingerprint density at radius 1 is 1.57 bits per heavy atom. The van der Waals surface area contributed by atoms with Crippen molar-refractivity contribution in [1.29, 1.82) is 0 Å². The van der Waals surface area contributed by atoms with E-state index in [0.29, 0.717) is 18.8 Å². The summed E-state index contributed by atoms with van der Waals surface area (Å²) in [6.07, 6.45) is 6.00. The van der Waals surface area contributed by atoms with E-state index in [4.69, 9.17) is 4.74 Å². The minimum absolute atomic E-state index is 0.0551. The lowest BCUT2D eigenvalue weighted by Gasteiger charge is -2.16. The molecule has 112 valence electrons. The lowest BCUT2D eigenvalue weighted by atomic mass is 9.96. The van der Waals surface area contributed by atoms with E-state index in [2.05, 4.69) is 15.5 Å². The zero-order chi connectivity index (χ0) is 14.8. The average molecular weight is 289 g/mol. The third-order valence-electron chi connectivity index (χ3n) is 3.70. The van der Waals surface area contributed by atoms with Crippen molar-refractivity contribution in [2.24, 2.45) is 13.0 Å². The van der Waals surface area contributed by atoms with Crippen LogP contribution in [0.2, 0.25) is 0 Å². The molecule has 0 aliphatic carbocycles. The molecule has 3 rings (SSSR count). The summed E-state index contributed by atoms with van der Waals surface area (Å²) >= 11 is 0. The molecule has 0 saturated carbocycles. The fraction of sp³-hybridized carbons (Fsp3) is 0.500. The van der Waals surface area contributed by atoms with E-state index in [1.165, 1.54) is 0 Å². The second-order valence-electron chi connectivity index (χ2n) is 5.18. The summed E-state index contributed by atoms with van der Waals surface area (Å²) in [5, 5.41) is 11.3. The second kappa shape index (κ2) is 5.69. The van der Waals surface area contributed by atoms with E-state index < -0.39 is 0 Å². The first kappa shape index (κ1) is 13.8. The van der Waals surface area contributed by atoms with Crippen LogP contribution in [0.4, 0.5) is 5.82 Å². The number of hydrogen-bond donors (Lipinski definition) is 1. The summed E-state index contributed by atoms with van der Waals surface area (Å²) in [6, 6.07) is 1.78. The van der Waals surface area contributed by atoms with Crippen LogP contribution in [-0.4, -0.2) is 32.1 Å². The van der Waals surface area contributed by atoms with Crippen LogP contribution in [0.15, 0.2) is 24.7 Å². The molecule has 21 heavy (non-hydrogen) atoms. The maximum atomic E-state index is 12.4. The predicted molar refractivity (Wildman–Crippen MR) is 76.5 cm³/mol. The Labute approximate surface area is 122 Å². The molecular weight excluding hydrogens is 270 g/mol. The second-order valence-corrected chi connectivity index (χ2v) is 5.18. The third-order valence-corrected chi connectivity index (χ3v) is 3.70. The molecule has 0 aromatic carbocycles. The van der Waals surface area contributed by atoms with Gasteiger partial charge in [-0.25, -0.2) is 0 Å². The molecule has 7 heteroatoms. The number of aryl methyl sites for hydroxylation is 2. The highest BCUT2D eigenvalue weighted by atomic mass is 16.5. The number of aromatic nitrogens is 4. The summed E-state index contributed by atoms with van der Waals surface area (Å²) in [6.45, 7) is 3.41. The molecule has 2 aromatic heterocycles. The molecule has 0 unspecified atom stereocenters. The van der Waals surface area contributed by atoms with E-state index in [1.54, 1.807) is 23.1 Å². The molecule has 0 bridgehead atoms. The quantitative estimate of drug-likeness (QED) is 0.922. The van der Waals surface area contributed by atoms with Gasteiger partial charge in [-0.05, 0) is 13.3 Å². The monoisotopic (exact) mass is 289 g/mol. The van der Waals surface area contributed by atoms with Crippen molar-refractivity contribution in [3.8, 4) is 0 Å². The van der Waals surface area contributed by atoms with Gasteiger partial charge in [-0.1, -0.05) is 0 Å². The van der Waals surface area contributed by atoms with Crippen LogP contribution in [-0.2, 0) is 23.1 Å². The van der Waals surface area contributed by atoms with Gasteiger partial charge in [-0.3, -0.25) is 14.2 Å². The lowest BCUT2D eigenvalue weighted by molar-refractivity contribution is -0.121. The van der Waals surface area contributed by atoms with Crippen molar-refractivity contribution in [3.63, 3.8) is 0 Å². The van der Waals surface area contributed by atoms with Crippen molar-refractivity contribution >= 4 is 11.7 Å². The molecule has 1 amide bonds. The Bertz CT molecular complexity index is 633. The van der Waals surface area contributed by atoms with Crippen LogP contribution in [0.5, 0.6) is 0 Å². The molecule has 1 saturated heterocycles. The van der Waals surface area contributed by atoms with Gasteiger partial charge in [0, 0.05) is 44.2 Å². The zero-order valence-corrected chi connectivity index (χ0v) is 12.2. The van der Waals surface area contributed by atoms with Crippen molar-refractivity contribution in [3.05, 3.63) is 30.2 Å². The molecule has 2 atom stereocenters. The van der Waals surface area contributed by atoms with Gasteiger partial charge >= 0.3 is 0 Å². The number of ether oxygens (including phenoxy) is 1. The predicted octanol–water partition coefficient (Wildman–Crippen LogP) is 1.35. The van der Waals surface area contributed by atoms with Crippen molar-refractivity contribution in [2.45, 2.75) is 26.0 Å². The van der Waals surface area contributed by atoms with Gasteiger partial charge < -0.3 is 10.1 Å². The topological polar surface area (TPSA) is 74.0 Å². The number of nitrogens with zero attached hydrogens (tertiary/aromatic N) is 4. The van der Waals surface area contributed by atoms with Crippen LogP contribution in [0, 0.1) is 5.92 Å². The van der Waals surface area contributed by atoms with Gasteiger partial charge in [-0.2, -0.15) is 10.2 Å². The first-order chi connectivity index (χ1) is 10.2. The van der Waals surface area contributed by atoms with E-state index in [1.807, 2.05) is 24.9 Å². The molecule has 1 aliphatic rings. The van der Waals surface area contributed by atoms with Crippen LogP contribution in [0.1, 0.15) is 25.0 Å². The first-order valence-electron chi connectivity index (χ1n) is 7.12. The fourth-order valence-corrected chi connectivity index (χ4v) is 2.59. The summed E-state index contributed by atoms with van der Waals surface area (Å²) in [4.78, 5) is 12.4. The third kappa shape index (κ3) is 2.82. The Balaban J connectivity index is 1.72. The van der Waals surface area contributed by atoms with Gasteiger partial charge in [0.15, 0.2) is 5.82 Å². The number of amides is 1. The first-order valence-corrected chi connectivity index (χ1v) is 7.12. The van der Waals surface area contributed by atoms with Crippen molar-refractivity contribution in [2.75, 3.05) is 11.9 Å². The Kier molecular flexibility index (Phi) is 3.74. The summed E-state index contributed by atoms with van der Waals surface area (Å²) in [7, 11) is 1.82. The number of hydrogen-bond acceptors (Lipinski definition) is 4. The van der Waals surface area contributed by atoms with Crippen molar-refractivity contribution < 1.29 is 9.53 Å². The number of nitrogens with one attached hydrogen (secondary N) is 1. The molecule has 0 spiro atoms. The maximum absolute atomic E-state index is 12.4. The van der Waals surface area contributed by atoms with E-state index in [9.17, 15) is 4.79 Å². The number of rotatable bonds is 4. The summed E-state index contributed by atoms with van der Waals surface area (Å²) in [5.74, 6) is 0.305. The molecule has 3 heterocycles. The number of anilines is 1. The summed E-state index contributed by atoms with van der Waals surface area (Å²) in [5.41, 5.74) is 0.954. The Morgan fingerprint density at radius 3 is 3.10 bits per heavy atom. The van der Waals surface area contributed by atoms with Crippen LogP contribution < -0.4 is 5.32 Å². The molecule has 7 nitrogen and oxygen atoms in total. The van der Waals surface area contributed by atoms with Gasteiger partial charge in [-0.15, -0.1) is 0 Å². The maximum Gasteiger partial charge on any atom is 0.231 e. The molecular formula is C14H19N5O2. The smallest absolute Gasteiger partial charge is 0.231 e. The SMILES string of the molecule is CCn1cc([C@H]2OCC[C@@H]2C(=O)Nc2ccn(C)n2)cn1. The highest BCUT2D eigenvalue weighted by molar-refractivity contribution is 5.92. The highest BCUT2D eigenvalue weighted by Crippen LogP contribution is 2.35. The van der Waals surface area contributed by atoms with Gasteiger partial charge in [0.05, 0.1) is 18.2 Å². The molecule has 1 N–H and O–H groups in total. The van der Waals surface area contributed by atoms with Crippen LogP contribution in [0.3, 0.4) is 0 Å². The Morgan fingerprint density at radius 2 is 2.43 bits per heavy atom. The molecule has 1 fully saturated rings. The standard InChI is InChI=1S/C14H19N5O2/c1-3-19-9-10(8-15-19)13-11(5-7-21-13)14(20)16-12-4-6-18(2)17-12/h4,6,8-9,11,13H,3,5,7H2,1-2H3,(H,16,17,20)/t11-,13+/m0/s1. The fourth-order valence-electron chi connectivity index (χ4n) is 2.59. The van der Waals surface area contributed by atoms with E-state index in [-0.39, 0.29) is 17.9 Å². The molecule has 2 aromatic rings. The van der Waals surface area contributed by atoms with Crippen LogP contribution >= 0.6 is 0 Å².